The molecule has 1 fully saturated rings. The fourth-order valence-corrected chi connectivity index (χ4v) is 2.09. The van der Waals surface area contributed by atoms with Crippen LogP contribution in [0.25, 0.3) is 0 Å². The van der Waals surface area contributed by atoms with Gasteiger partial charge < -0.3 is 39.4 Å². The summed E-state index contributed by atoms with van der Waals surface area (Å²) >= 11 is 0. The molecule has 11 heteroatoms. The maximum absolute atomic E-state index is 11.1. The van der Waals surface area contributed by atoms with E-state index in [2.05, 4.69) is 37.4 Å². The molecule has 0 radical (unpaired) electrons. The maximum Gasteiger partial charge on any atom is 0.503 e. The highest BCUT2D eigenvalue weighted by Gasteiger charge is 2.22. The van der Waals surface area contributed by atoms with Gasteiger partial charge in [-0.1, -0.05) is 43.5 Å². The van der Waals surface area contributed by atoms with Gasteiger partial charge in [0.25, 0.3) is 0 Å². The summed E-state index contributed by atoms with van der Waals surface area (Å²) in [5, 5.41) is 32.9. The smallest absolute Gasteiger partial charge is 0.460 e. The number of esters is 2. The normalized spacial score (nSPS) is 15.0. The second kappa shape index (κ2) is 18.1. The molecule has 3 atom stereocenters. The number of carbonyl (C=O) groups is 3. The molecule has 0 aliphatic carbocycles. The van der Waals surface area contributed by atoms with Crippen molar-refractivity contribution in [3.8, 4) is 0 Å². The molecule has 1 aromatic carbocycles. The highest BCUT2D eigenvalue weighted by atomic mass is 16.6. The lowest BCUT2D eigenvalue weighted by Gasteiger charge is -2.14. The predicted molar refractivity (Wildman–Crippen MR) is 125 cm³/mol. The Bertz CT molecular complexity index is 763. The Morgan fingerprint density at radius 3 is 1.66 bits per heavy atom. The first kappa shape index (κ1) is 31.8. The van der Waals surface area contributed by atoms with Gasteiger partial charge in [-0.05, 0) is 19.4 Å². The third-order valence-corrected chi connectivity index (χ3v) is 3.84. The second-order valence-electron chi connectivity index (χ2n) is 7.53. The van der Waals surface area contributed by atoms with E-state index in [1.54, 1.807) is 0 Å². The molecule has 3 unspecified atom stereocenters. The summed E-state index contributed by atoms with van der Waals surface area (Å²) in [6.07, 6.45) is -2.26. The quantitative estimate of drug-likeness (QED) is 0.188. The third-order valence-electron chi connectivity index (χ3n) is 3.84. The number of benzene rings is 1. The van der Waals surface area contributed by atoms with Crippen LogP contribution in [0, 0.1) is 0 Å². The lowest BCUT2D eigenvalue weighted by Crippen LogP contribution is -2.28. The second-order valence-corrected chi connectivity index (χ2v) is 7.53. The molecule has 0 bridgehead atoms. The number of epoxide rings is 1. The van der Waals surface area contributed by atoms with Crippen molar-refractivity contribution >= 4 is 18.1 Å². The number of ether oxygens (including phenoxy) is 4. The van der Waals surface area contributed by atoms with Crippen molar-refractivity contribution in [3.05, 3.63) is 60.2 Å². The molecule has 1 saturated heterocycles. The van der Waals surface area contributed by atoms with Crippen molar-refractivity contribution in [2.45, 2.75) is 38.6 Å². The van der Waals surface area contributed by atoms with Crippen molar-refractivity contribution < 1.29 is 53.8 Å². The third kappa shape index (κ3) is 19.9. The van der Waals surface area contributed by atoms with Crippen LogP contribution >= 0.6 is 0 Å². The summed E-state index contributed by atoms with van der Waals surface area (Å²) in [6.45, 7) is 10.0. The summed E-state index contributed by atoms with van der Waals surface area (Å²) in [5.41, 5.74) is 1.85. The first-order valence-corrected chi connectivity index (χ1v) is 10.6. The first-order valence-electron chi connectivity index (χ1n) is 10.6. The molecule has 1 aliphatic heterocycles. The van der Waals surface area contributed by atoms with E-state index in [0.717, 1.165) is 13.0 Å². The fourth-order valence-electron chi connectivity index (χ4n) is 2.09. The van der Waals surface area contributed by atoms with Gasteiger partial charge in [-0.15, -0.1) is 0 Å². The molecular formula is C24H34O11. The van der Waals surface area contributed by atoms with E-state index in [1.807, 2.05) is 6.07 Å². The monoisotopic (exact) mass is 498 g/mol. The molecule has 1 aromatic rings. The van der Waals surface area contributed by atoms with Gasteiger partial charge in [-0.25, -0.2) is 14.4 Å². The largest absolute Gasteiger partial charge is 0.503 e. The summed E-state index contributed by atoms with van der Waals surface area (Å²) in [7, 11) is 0. The molecule has 0 aromatic heterocycles. The van der Waals surface area contributed by atoms with E-state index < -0.39 is 30.3 Å². The van der Waals surface area contributed by atoms with Gasteiger partial charge >= 0.3 is 18.1 Å². The van der Waals surface area contributed by atoms with Crippen LogP contribution in [-0.4, -0.2) is 89.9 Å². The van der Waals surface area contributed by atoms with Gasteiger partial charge in [0.2, 0.25) is 0 Å². The van der Waals surface area contributed by atoms with E-state index in [0.29, 0.717) is 6.10 Å². The van der Waals surface area contributed by atoms with Crippen molar-refractivity contribution in [3.63, 3.8) is 0 Å². The molecule has 1 aliphatic rings. The molecule has 0 amide bonds. The Labute approximate surface area is 204 Å². The molecule has 2 rings (SSSR count). The van der Waals surface area contributed by atoms with Crippen LogP contribution < -0.4 is 0 Å². The molecule has 1 heterocycles. The number of carbonyl (C=O) groups excluding carboxylic acids is 2. The lowest BCUT2D eigenvalue weighted by atomic mass is 10.1. The fraction of sp³-hybridized carbons (Fsp3) is 0.458. The molecule has 0 spiro atoms. The van der Waals surface area contributed by atoms with E-state index in [4.69, 9.17) is 34.0 Å². The number of rotatable bonds is 12. The predicted octanol–water partition coefficient (Wildman–Crippen LogP) is 1.81. The highest BCUT2D eigenvalue weighted by Crippen LogP contribution is 2.15. The number of carboxylic acid groups (broad SMARTS) is 2. The molecule has 35 heavy (non-hydrogen) atoms. The summed E-state index contributed by atoms with van der Waals surface area (Å²) in [6, 6.07) is 10.5. The Morgan fingerprint density at radius 2 is 1.31 bits per heavy atom. The SMILES string of the molecule is C=C(C)C(=O)OCC(O)COCC(O)COC(=O)C(=C)C.O=C(O)O.c1ccc(CC2CO2)cc1. The Morgan fingerprint density at radius 1 is 0.914 bits per heavy atom. The van der Waals surface area contributed by atoms with E-state index in [1.165, 1.54) is 19.4 Å². The minimum atomic E-state index is -1.83. The molecule has 0 saturated carbocycles. The first-order chi connectivity index (χ1) is 16.4. The van der Waals surface area contributed by atoms with Crippen LogP contribution in [-0.2, 0) is 35.0 Å². The highest BCUT2D eigenvalue weighted by molar-refractivity contribution is 5.87. The van der Waals surface area contributed by atoms with Crippen molar-refractivity contribution in [2.75, 3.05) is 33.0 Å². The van der Waals surface area contributed by atoms with Crippen LogP contribution in [0.2, 0.25) is 0 Å². The van der Waals surface area contributed by atoms with Gasteiger partial charge in [0.15, 0.2) is 0 Å². The van der Waals surface area contributed by atoms with Gasteiger partial charge in [-0.3, -0.25) is 0 Å². The summed E-state index contributed by atoms with van der Waals surface area (Å²) in [4.78, 5) is 30.7. The van der Waals surface area contributed by atoms with Gasteiger partial charge in [-0.2, -0.15) is 0 Å². The topological polar surface area (TPSA) is 172 Å². The standard InChI is InChI=1S/C14H22O7.C9H10O.CH2O3/c1-9(2)13(17)20-7-11(15)5-19-6-12(16)8-21-14(18)10(3)4;1-2-4-8(5-3-1)6-9-7-10-9;2-1(3)4/h11-12,15-16H,1,3,5-8H2,2,4H3;1-5,9H,6-7H2;(H2,2,3,4). The average molecular weight is 499 g/mol. The Balaban J connectivity index is 0.000000668. The van der Waals surface area contributed by atoms with Crippen LogP contribution in [0.5, 0.6) is 0 Å². The Kier molecular flexibility index (Phi) is 16.4. The van der Waals surface area contributed by atoms with Gasteiger partial charge in [0.05, 0.1) is 25.9 Å². The van der Waals surface area contributed by atoms with Crippen LogP contribution in [0.4, 0.5) is 4.79 Å². The molecule has 196 valence electrons. The van der Waals surface area contributed by atoms with E-state index in [-0.39, 0.29) is 37.6 Å². The number of hydrogen-bond acceptors (Lipinski definition) is 9. The van der Waals surface area contributed by atoms with E-state index in [9.17, 15) is 19.8 Å². The average Bonchev–Trinajstić information content (AvgIpc) is 3.60. The van der Waals surface area contributed by atoms with Crippen LogP contribution in [0.1, 0.15) is 19.4 Å². The lowest BCUT2D eigenvalue weighted by molar-refractivity contribution is -0.144. The van der Waals surface area contributed by atoms with Crippen molar-refractivity contribution in [1.82, 2.24) is 0 Å². The summed E-state index contributed by atoms with van der Waals surface area (Å²) < 4.78 is 19.6. The minimum absolute atomic E-state index is 0.130. The Hall–Kier alpha value is -3.25. The molecule has 11 nitrogen and oxygen atoms in total. The van der Waals surface area contributed by atoms with Crippen molar-refractivity contribution in [1.29, 1.82) is 0 Å². The van der Waals surface area contributed by atoms with Crippen molar-refractivity contribution in [2.24, 2.45) is 0 Å². The number of hydrogen-bond donors (Lipinski definition) is 4. The van der Waals surface area contributed by atoms with E-state index >= 15 is 0 Å². The number of aliphatic hydroxyl groups excluding tert-OH is 2. The zero-order valence-corrected chi connectivity index (χ0v) is 19.9. The van der Waals surface area contributed by atoms with Crippen LogP contribution in [0.3, 0.4) is 0 Å². The molecular weight excluding hydrogens is 464 g/mol. The van der Waals surface area contributed by atoms with Gasteiger partial charge in [0.1, 0.15) is 25.4 Å². The minimum Gasteiger partial charge on any atom is -0.460 e. The molecule has 4 N–H and O–H groups in total. The maximum atomic E-state index is 11.1. The summed E-state index contributed by atoms with van der Waals surface area (Å²) in [5.74, 6) is -1.19. The zero-order valence-electron chi connectivity index (χ0n) is 19.9. The van der Waals surface area contributed by atoms with Gasteiger partial charge in [0, 0.05) is 17.6 Å². The van der Waals surface area contributed by atoms with Crippen LogP contribution in [0.15, 0.2) is 54.6 Å². The zero-order chi connectivity index (χ0) is 26.8. The number of aliphatic hydroxyl groups is 2.